The number of benzene rings is 2. The van der Waals surface area contributed by atoms with E-state index in [1.807, 2.05) is 0 Å². The highest BCUT2D eigenvalue weighted by Gasteiger charge is 2.30. The number of nitrogens with zero attached hydrogens (tertiary/aromatic N) is 1. The second kappa shape index (κ2) is 9.98. The average Bonchev–Trinajstić information content (AvgIpc) is 2.78. The zero-order valence-electron chi connectivity index (χ0n) is 17.9. The van der Waals surface area contributed by atoms with E-state index in [2.05, 4.69) is 5.32 Å². The zero-order chi connectivity index (χ0) is 24.2. The van der Waals surface area contributed by atoms with Crippen molar-refractivity contribution in [2.75, 3.05) is 45.3 Å². The van der Waals surface area contributed by atoms with Gasteiger partial charge in [0.05, 0.1) is 36.5 Å². The molecule has 1 fully saturated rings. The zero-order valence-corrected chi connectivity index (χ0v) is 18.8. The quantitative estimate of drug-likeness (QED) is 0.643. The predicted octanol–water partition coefficient (Wildman–Crippen LogP) is 3.22. The van der Waals surface area contributed by atoms with Crippen molar-refractivity contribution in [1.29, 1.82) is 0 Å². The topological polar surface area (TPSA) is 94.2 Å². The van der Waals surface area contributed by atoms with Gasteiger partial charge in [-0.1, -0.05) is 6.07 Å². The van der Waals surface area contributed by atoms with Crippen LogP contribution in [-0.4, -0.2) is 64.8 Å². The molecule has 8 nitrogen and oxygen atoms in total. The molecule has 180 valence electrons. The third kappa shape index (κ3) is 6.15. The van der Waals surface area contributed by atoms with Crippen molar-refractivity contribution in [1.82, 2.24) is 4.31 Å². The second-order valence-electron chi connectivity index (χ2n) is 7.24. The fraction of sp³-hybridized carbons (Fsp3) is 0.381. The van der Waals surface area contributed by atoms with Crippen LogP contribution in [0.2, 0.25) is 0 Å². The van der Waals surface area contributed by atoms with Crippen molar-refractivity contribution in [2.24, 2.45) is 0 Å². The van der Waals surface area contributed by atoms with E-state index in [9.17, 15) is 26.4 Å². The number of hydrogen-bond acceptors (Lipinski definition) is 6. The first-order valence-electron chi connectivity index (χ1n) is 9.89. The van der Waals surface area contributed by atoms with Crippen LogP contribution in [0.4, 0.5) is 18.9 Å². The maximum absolute atomic E-state index is 13.0. The molecule has 1 N–H and O–H groups in total. The molecule has 1 saturated heterocycles. The summed E-state index contributed by atoms with van der Waals surface area (Å²) in [7, 11) is -2.58. The van der Waals surface area contributed by atoms with E-state index >= 15 is 0 Å². The Hall–Kier alpha value is -2.83. The minimum atomic E-state index is -4.56. The van der Waals surface area contributed by atoms with Gasteiger partial charge in [-0.2, -0.15) is 17.5 Å². The van der Waals surface area contributed by atoms with Gasteiger partial charge in [0.2, 0.25) is 10.0 Å². The minimum absolute atomic E-state index is 0.00153. The average molecular weight is 488 g/mol. The molecule has 0 unspecified atom stereocenters. The maximum atomic E-state index is 13.0. The van der Waals surface area contributed by atoms with Gasteiger partial charge in [-0.25, -0.2) is 8.42 Å². The Bertz CT molecular complexity index is 1120. The van der Waals surface area contributed by atoms with Gasteiger partial charge in [-0.15, -0.1) is 0 Å². The molecule has 33 heavy (non-hydrogen) atoms. The molecule has 0 saturated carbocycles. The molecule has 0 atom stereocenters. The Morgan fingerprint density at radius 3 is 2.45 bits per heavy atom. The van der Waals surface area contributed by atoms with Crippen molar-refractivity contribution in [2.45, 2.75) is 18.0 Å². The number of morpholine rings is 1. The third-order valence-corrected chi connectivity index (χ3v) is 6.69. The summed E-state index contributed by atoms with van der Waals surface area (Å²) < 4.78 is 80.2. The summed E-state index contributed by atoms with van der Waals surface area (Å²) in [4.78, 5) is 12.9. The van der Waals surface area contributed by atoms with Crippen LogP contribution in [0.1, 0.15) is 15.9 Å². The van der Waals surface area contributed by atoms with E-state index in [-0.39, 0.29) is 53.9 Å². The first-order valence-corrected chi connectivity index (χ1v) is 11.3. The van der Waals surface area contributed by atoms with Gasteiger partial charge in [0.1, 0.15) is 11.5 Å². The number of methoxy groups -OCH3 is 1. The SMILES string of the molecule is COc1ccc(S(=O)(=O)N2CCOCC2)cc1C(=O)Nc1ccc(C)cc1OCC(F)(F)F. The summed E-state index contributed by atoms with van der Waals surface area (Å²) in [5, 5.41) is 2.48. The van der Waals surface area contributed by atoms with Crippen LogP contribution in [0.3, 0.4) is 0 Å². The summed E-state index contributed by atoms with van der Waals surface area (Å²) in [5.41, 5.74) is 0.522. The highest BCUT2D eigenvalue weighted by Crippen LogP contribution is 2.30. The molecule has 12 heteroatoms. The molecule has 3 rings (SSSR count). The van der Waals surface area contributed by atoms with Crippen LogP contribution in [-0.2, 0) is 14.8 Å². The number of ether oxygens (including phenoxy) is 3. The second-order valence-corrected chi connectivity index (χ2v) is 9.17. The lowest BCUT2D eigenvalue weighted by Gasteiger charge is -2.26. The molecule has 2 aromatic rings. The standard InChI is InChI=1S/C21H23F3N2O6S/c1-14-3-5-17(19(11-14)32-13-21(22,23)24)25-20(27)16-12-15(4-6-18(16)30-2)33(28,29)26-7-9-31-10-8-26/h3-6,11-12H,7-10,13H2,1-2H3,(H,25,27). The number of amides is 1. The first-order chi connectivity index (χ1) is 15.5. The first kappa shape index (κ1) is 24.8. The molecule has 0 radical (unpaired) electrons. The summed E-state index contributed by atoms with van der Waals surface area (Å²) in [6.07, 6.45) is -4.56. The van der Waals surface area contributed by atoms with Crippen LogP contribution >= 0.6 is 0 Å². The third-order valence-electron chi connectivity index (χ3n) is 4.80. The summed E-state index contributed by atoms with van der Waals surface area (Å²) >= 11 is 0. The number of alkyl halides is 3. The van der Waals surface area contributed by atoms with Crippen LogP contribution in [0, 0.1) is 6.92 Å². The Morgan fingerprint density at radius 1 is 1.12 bits per heavy atom. The number of carbonyl (C=O) groups is 1. The Labute approximate surface area is 189 Å². The van der Waals surface area contributed by atoms with Crippen molar-refractivity contribution in [3.8, 4) is 11.5 Å². The summed E-state index contributed by atoms with van der Waals surface area (Å²) in [6, 6.07) is 8.19. The van der Waals surface area contributed by atoms with Gasteiger partial charge in [0, 0.05) is 13.1 Å². The van der Waals surface area contributed by atoms with Crippen LogP contribution < -0.4 is 14.8 Å². The van der Waals surface area contributed by atoms with Gasteiger partial charge in [-0.3, -0.25) is 4.79 Å². The molecular formula is C21H23F3N2O6S. The molecule has 0 bridgehead atoms. The summed E-state index contributed by atoms with van der Waals surface area (Å²) in [6.45, 7) is 1.01. The van der Waals surface area contributed by atoms with Gasteiger partial charge in [0.15, 0.2) is 6.61 Å². The molecule has 1 aliphatic heterocycles. The molecule has 1 aliphatic rings. The van der Waals surface area contributed by atoms with Gasteiger partial charge < -0.3 is 19.5 Å². The van der Waals surface area contributed by atoms with E-state index in [1.165, 1.54) is 41.7 Å². The minimum Gasteiger partial charge on any atom is -0.496 e. The van der Waals surface area contributed by atoms with E-state index in [0.717, 1.165) is 0 Å². The van der Waals surface area contributed by atoms with Gasteiger partial charge >= 0.3 is 6.18 Å². The summed E-state index contributed by atoms with van der Waals surface area (Å²) in [5.74, 6) is -0.846. The van der Waals surface area contributed by atoms with Crippen molar-refractivity contribution in [3.63, 3.8) is 0 Å². The fourth-order valence-corrected chi connectivity index (χ4v) is 4.60. The molecule has 0 aromatic heterocycles. The lowest BCUT2D eigenvalue weighted by Crippen LogP contribution is -2.40. The molecule has 1 amide bonds. The number of carbonyl (C=O) groups excluding carboxylic acids is 1. The van der Waals surface area contributed by atoms with Gasteiger partial charge in [0.25, 0.3) is 5.91 Å². The largest absolute Gasteiger partial charge is 0.496 e. The highest BCUT2D eigenvalue weighted by atomic mass is 32.2. The number of halogens is 3. The lowest BCUT2D eigenvalue weighted by molar-refractivity contribution is -0.153. The Balaban J connectivity index is 1.90. The van der Waals surface area contributed by atoms with E-state index in [4.69, 9.17) is 14.2 Å². The number of sulfonamides is 1. The van der Waals surface area contributed by atoms with E-state index in [0.29, 0.717) is 5.56 Å². The maximum Gasteiger partial charge on any atom is 0.422 e. The van der Waals surface area contributed by atoms with E-state index in [1.54, 1.807) is 13.0 Å². The van der Waals surface area contributed by atoms with Crippen molar-refractivity contribution in [3.05, 3.63) is 47.5 Å². The van der Waals surface area contributed by atoms with Crippen LogP contribution in [0.5, 0.6) is 11.5 Å². The molecular weight excluding hydrogens is 465 g/mol. The fourth-order valence-electron chi connectivity index (χ4n) is 3.16. The monoisotopic (exact) mass is 488 g/mol. The predicted molar refractivity (Wildman–Crippen MR) is 113 cm³/mol. The normalized spacial score (nSPS) is 15.2. The van der Waals surface area contributed by atoms with E-state index < -0.39 is 28.7 Å². The van der Waals surface area contributed by atoms with Crippen molar-refractivity contribution < 1.29 is 40.6 Å². The van der Waals surface area contributed by atoms with Gasteiger partial charge in [-0.05, 0) is 42.8 Å². The highest BCUT2D eigenvalue weighted by molar-refractivity contribution is 7.89. The van der Waals surface area contributed by atoms with Crippen molar-refractivity contribution >= 4 is 21.6 Å². The Morgan fingerprint density at radius 2 is 1.82 bits per heavy atom. The smallest absolute Gasteiger partial charge is 0.422 e. The number of nitrogens with one attached hydrogen (secondary N) is 1. The number of hydrogen-bond donors (Lipinski definition) is 1. The number of aryl methyl sites for hydroxylation is 1. The molecule has 1 heterocycles. The lowest BCUT2D eigenvalue weighted by atomic mass is 10.1. The van der Waals surface area contributed by atoms with Crippen LogP contribution in [0.15, 0.2) is 41.3 Å². The molecule has 0 aliphatic carbocycles. The molecule has 2 aromatic carbocycles. The number of anilines is 1. The van der Waals surface area contributed by atoms with Crippen LogP contribution in [0.25, 0.3) is 0 Å². The number of rotatable bonds is 7. The molecule has 0 spiro atoms. The Kier molecular flexibility index (Phi) is 7.50.